The van der Waals surface area contributed by atoms with Gasteiger partial charge in [-0.15, -0.1) is 11.3 Å². The lowest BCUT2D eigenvalue weighted by molar-refractivity contribution is -0.187. The highest BCUT2D eigenvalue weighted by Gasteiger charge is 2.78. The van der Waals surface area contributed by atoms with Gasteiger partial charge < -0.3 is 24.6 Å². The van der Waals surface area contributed by atoms with E-state index in [4.69, 9.17) is 9.47 Å². The molecule has 1 aromatic carbocycles. The molecule has 8 nitrogen and oxygen atoms in total. The fourth-order valence-electron chi connectivity index (χ4n) is 13.8. The van der Waals surface area contributed by atoms with Crippen LogP contribution >= 0.6 is 11.3 Å². The number of nitrogens with zero attached hydrogens (tertiary/aromatic N) is 1. The lowest BCUT2D eigenvalue weighted by atomic mass is 9.32. The number of aliphatic hydroxyl groups excluding tert-OH is 1. The molecular weight excluding hydrogens is 699 g/mol. The number of hydrogen-bond acceptors (Lipinski definition) is 8. The van der Waals surface area contributed by atoms with Crippen LogP contribution in [0.25, 0.3) is 10.1 Å². The van der Waals surface area contributed by atoms with E-state index in [1.165, 1.54) is 0 Å². The smallest absolute Gasteiger partial charge is 0.313 e. The number of ether oxygens (including phenoxy) is 2. The third kappa shape index (κ3) is 4.28. The number of amides is 1. The minimum absolute atomic E-state index is 0.0406. The summed E-state index contributed by atoms with van der Waals surface area (Å²) in [5.41, 5.74) is -4.87. The molecule has 2 heterocycles. The van der Waals surface area contributed by atoms with Gasteiger partial charge in [0.05, 0.1) is 28.5 Å². The van der Waals surface area contributed by atoms with Crippen molar-refractivity contribution < 1.29 is 34.1 Å². The summed E-state index contributed by atoms with van der Waals surface area (Å²) in [7, 11) is 1.65. The largest absolute Gasteiger partial charge is 0.448 e. The molecule has 10 unspecified atom stereocenters. The molecule has 8 aliphatic rings. The van der Waals surface area contributed by atoms with Gasteiger partial charge in [0, 0.05) is 52.2 Å². The third-order valence-electron chi connectivity index (χ3n) is 17.6. The van der Waals surface area contributed by atoms with Crippen LogP contribution in [-0.2, 0) is 19.1 Å². The molecule has 1 saturated heterocycles. The van der Waals surface area contributed by atoms with Crippen LogP contribution in [0.5, 0.6) is 0 Å². The van der Waals surface area contributed by atoms with Crippen LogP contribution in [0, 0.1) is 44.3 Å². The molecule has 1 aromatic heterocycles. The normalized spacial score (nSPS) is 43.7. The zero-order valence-electron chi connectivity index (χ0n) is 32.8. The van der Waals surface area contributed by atoms with E-state index in [-0.39, 0.29) is 41.5 Å². The zero-order chi connectivity index (χ0) is 38.3. The van der Waals surface area contributed by atoms with Crippen LogP contribution in [0.4, 0.5) is 0 Å². The first-order valence-electron chi connectivity index (χ1n) is 20.4. The van der Waals surface area contributed by atoms with Crippen LogP contribution < -0.4 is 0 Å². The van der Waals surface area contributed by atoms with E-state index in [9.17, 15) is 19.8 Å². The number of Topliss-reactive ketones (excluding diaryl/α,β-unsaturated/α-hetero) is 1. The maximum atomic E-state index is 15.1. The summed E-state index contributed by atoms with van der Waals surface area (Å²) in [5.74, 6) is -0.316. The van der Waals surface area contributed by atoms with Gasteiger partial charge in [-0.05, 0) is 106 Å². The van der Waals surface area contributed by atoms with E-state index in [0.717, 1.165) is 52.6 Å². The maximum Gasteiger partial charge on any atom is 0.313 e. The number of allylic oxidation sites excluding steroid dienone is 4. The van der Waals surface area contributed by atoms with Crippen LogP contribution in [-0.4, -0.2) is 76.9 Å². The Morgan fingerprint density at radius 2 is 1.69 bits per heavy atom. The first-order chi connectivity index (χ1) is 25.5. The van der Waals surface area contributed by atoms with Gasteiger partial charge in [-0.25, -0.2) is 0 Å². The number of carbonyl (C=O) groups is 3. The van der Waals surface area contributed by atoms with E-state index < -0.39 is 44.4 Å². The molecule has 2 aromatic rings. The van der Waals surface area contributed by atoms with E-state index in [0.29, 0.717) is 45.3 Å². The Balaban J connectivity index is 1.12. The zero-order valence-corrected chi connectivity index (χ0v) is 33.7. The number of rotatable bonds is 9. The van der Waals surface area contributed by atoms with Gasteiger partial charge in [-0.3, -0.25) is 14.4 Å². The minimum atomic E-state index is -1.27. The molecule has 54 heavy (non-hydrogen) atoms. The van der Waals surface area contributed by atoms with Gasteiger partial charge in [0.15, 0.2) is 11.4 Å². The van der Waals surface area contributed by atoms with Gasteiger partial charge in [0.25, 0.3) is 5.91 Å². The van der Waals surface area contributed by atoms with Crippen molar-refractivity contribution in [1.82, 2.24) is 4.90 Å². The number of carbonyl (C=O) groups excluding carboxylic acids is 3. The Labute approximate surface area is 323 Å². The third-order valence-corrected chi connectivity index (χ3v) is 18.7. The Bertz CT molecular complexity index is 1980. The van der Waals surface area contributed by atoms with Gasteiger partial charge in [0.1, 0.15) is 0 Å². The molecule has 7 aliphatic carbocycles. The highest BCUT2D eigenvalue weighted by molar-refractivity contribution is 7.21. The summed E-state index contributed by atoms with van der Waals surface area (Å²) in [6.45, 7) is 11.5. The summed E-state index contributed by atoms with van der Waals surface area (Å²) in [4.78, 5) is 45.9. The molecule has 0 radical (unpaired) electrons. The molecule has 1 amide bonds. The SMILES string of the molecule is COCCCN(CC1(O)CCC2C34C=CC5(C=C3C(=O)c3cc6ccccc6s3)CC(O)CCC5(C)C4CCC21C)C(=O)C12CCC(C)(C(=O)O1)C2(C)C. The van der Waals surface area contributed by atoms with E-state index in [1.54, 1.807) is 23.3 Å². The standard InChI is InChI=1S/C45H57NO7S/c1-38(2)41(5)18-21-45(38,53-37(41)50)36(49)46(22-9-23-52-6)27-43(51)17-14-34-40(43,4)16-13-33-39(3)15-12-29(47)25-42(39)19-20-44(33,34)30(26-42)35(48)32-24-28-10-7-8-11-31(28)54-32/h7-8,10-11,19-20,24,26,29,33-34,47,51H,9,12-18,21-23,25,27H2,1-6H3. The number of methoxy groups -OCH3 is 1. The van der Waals surface area contributed by atoms with Crippen molar-refractivity contribution in [2.75, 3.05) is 26.8 Å². The van der Waals surface area contributed by atoms with Gasteiger partial charge in [-0.1, -0.05) is 64.1 Å². The summed E-state index contributed by atoms with van der Waals surface area (Å²) >= 11 is 1.55. The fourth-order valence-corrected chi connectivity index (χ4v) is 14.8. The molecule has 4 bridgehead atoms. The summed E-state index contributed by atoms with van der Waals surface area (Å²) < 4.78 is 12.6. The van der Waals surface area contributed by atoms with Crippen molar-refractivity contribution in [1.29, 1.82) is 0 Å². The van der Waals surface area contributed by atoms with Crippen molar-refractivity contribution in [3.8, 4) is 0 Å². The van der Waals surface area contributed by atoms with Gasteiger partial charge in [0.2, 0.25) is 0 Å². The number of thiophene rings is 1. The average molecular weight is 756 g/mol. The number of ketones is 1. The van der Waals surface area contributed by atoms with Crippen molar-refractivity contribution in [2.45, 2.75) is 116 Å². The highest BCUT2D eigenvalue weighted by Crippen LogP contribution is 2.78. The number of aliphatic hydroxyl groups is 2. The van der Waals surface area contributed by atoms with E-state index in [1.807, 2.05) is 39.0 Å². The summed E-state index contributed by atoms with van der Waals surface area (Å²) in [5, 5.41) is 25.4. The number of benzene rings is 1. The molecule has 5 fully saturated rings. The summed E-state index contributed by atoms with van der Waals surface area (Å²) in [6.07, 6.45) is 13.3. The Morgan fingerprint density at radius 1 is 0.963 bits per heavy atom. The van der Waals surface area contributed by atoms with Crippen LogP contribution in [0.1, 0.15) is 108 Å². The Kier molecular flexibility index (Phi) is 7.91. The monoisotopic (exact) mass is 755 g/mol. The van der Waals surface area contributed by atoms with E-state index >= 15 is 4.79 Å². The minimum Gasteiger partial charge on any atom is -0.448 e. The second-order valence-electron chi connectivity index (χ2n) is 19.5. The average Bonchev–Trinajstić information content (AvgIpc) is 3.79. The van der Waals surface area contributed by atoms with Crippen molar-refractivity contribution >= 4 is 39.1 Å². The molecular formula is C45H57NO7S. The molecule has 9 heteroatoms. The molecule has 2 N–H and O–H groups in total. The number of esters is 1. The van der Waals surface area contributed by atoms with Crippen molar-refractivity contribution in [3.05, 3.63) is 59.0 Å². The topological polar surface area (TPSA) is 113 Å². The van der Waals surface area contributed by atoms with Crippen molar-refractivity contribution in [3.63, 3.8) is 0 Å². The first kappa shape index (κ1) is 36.8. The predicted molar refractivity (Wildman–Crippen MR) is 208 cm³/mol. The van der Waals surface area contributed by atoms with E-state index in [2.05, 4.69) is 44.2 Å². The Hall–Kier alpha value is -2.85. The first-order valence-corrected chi connectivity index (χ1v) is 21.2. The lowest BCUT2D eigenvalue weighted by Crippen LogP contribution is -2.68. The molecule has 10 rings (SSSR count). The number of hydrogen-bond donors (Lipinski definition) is 2. The molecule has 290 valence electrons. The predicted octanol–water partition coefficient (Wildman–Crippen LogP) is 7.66. The lowest BCUT2D eigenvalue weighted by Gasteiger charge is -2.71. The molecule has 10 atom stereocenters. The second kappa shape index (κ2) is 11.6. The van der Waals surface area contributed by atoms with Crippen molar-refractivity contribution in [2.24, 2.45) is 44.3 Å². The summed E-state index contributed by atoms with van der Waals surface area (Å²) in [6, 6.07) is 10.2. The molecule has 2 spiro atoms. The quantitative estimate of drug-likeness (QED) is 0.117. The van der Waals surface area contributed by atoms with Gasteiger partial charge in [-0.2, -0.15) is 0 Å². The number of fused-ring (bicyclic) bond motifs is 4. The van der Waals surface area contributed by atoms with Crippen LogP contribution in [0.15, 0.2) is 54.1 Å². The molecule has 1 aliphatic heterocycles. The van der Waals surface area contributed by atoms with Crippen LogP contribution in [0.2, 0.25) is 0 Å². The highest BCUT2D eigenvalue weighted by atomic mass is 32.1. The van der Waals surface area contributed by atoms with Crippen LogP contribution in [0.3, 0.4) is 0 Å². The fraction of sp³-hybridized carbons (Fsp3) is 0.667. The second-order valence-corrected chi connectivity index (χ2v) is 20.6. The Morgan fingerprint density at radius 3 is 2.39 bits per heavy atom. The maximum absolute atomic E-state index is 15.1. The van der Waals surface area contributed by atoms with Gasteiger partial charge >= 0.3 is 5.97 Å². The molecule has 4 saturated carbocycles.